The zero-order valence-electron chi connectivity index (χ0n) is 16.8. The third-order valence-corrected chi connectivity index (χ3v) is 4.48. The van der Waals surface area contributed by atoms with E-state index in [2.05, 4.69) is 36.5 Å². The van der Waals surface area contributed by atoms with Crippen molar-refractivity contribution < 1.29 is 43.1 Å². The second-order valence-corrected chi connectivity index (χ2v) is 7.35. The molecule has 0 saturated heterocycles. The standard InChI is InChI=1S/C20H37NO3S.Na/c1-2-3-4-5-6-7-8-9-10-11-12-13-14-15-16-17-20(22)21-18-19-25(23)24;/h6-7,9-10H,2-5,8,11-19H2,1H3,(H,21,22)(H,23,24);/q;+1/p-1/b7-6-,10-9-;. The van der Waals surface area contributed by atoms with Crippen molar-refractivity contribution in [2.24, 2.45) is 0 Å². The van der Waals surface area contributed by atoms with E-state index in [1.54, 1.807) is 0 Å². The van der Waals surface area contributed by atoms with Gasteiger partial charge in [-0.2, -0.15) is 0 Å². The summed E-state index contributed by atoms with van der Waals surface area (Å²) in [6.07, 6.45) is 22.4. The number of carbonyl (C=O) groups is 1. The predicted molar refractivity (Wildman–Crippen MR) is 106 cm³/mol. The van der Waals surface area contributed by atoms with Gasteiger partial charge in [0.2, 0.25) is 5.91 Å². The molecule has 0 aromatic rings. The van der Waals surface area contributed by atoms with Gasteiger partial charge in [-0.05, 0) is 38.5 Å². The first kappa shape index (κ1) is 28.3. The molecule has 0 aromatic carbocycles. The van der Waals surface area contributed by atoms with Gasteiger partial charge >= 0.3 is 29.6 Å². The molecule has 1 amide bonds. The monoisotopic (exact) mass is 393 g/mol. The molecular weight excluding hydrogens is 357 g/mol. The van der Waals surface area contributed by atoms with E-state index in [-0.39, 0.29) is 47.8 Å². The SMILES string of the molecule is CCCCC/C=C\C/C=C\CCCCCCCC(=O)NCCS(=O)[O-].[Na+]. The van der Waals surface area contributed by atoms with Gasteiger partial charge in [-0.3, -0.25) is 9.00 Å². The number of carbonyl (C=O) groups excluding carboxylic acids is 1. The van der Waals surface area contributed by atoms with Crippen molar-refractivity contribution in [3.05, 3.63) is 24.3 Å². The fraction of sp³-hybridized carbons (Fsp3) is 0.750. The summed E-state index contributed by atoms with van der Waals surface area (Å²) in [5, 5.41) is 2.62. The van der Waals surface area contributed by atoms with E-state index in [1.165, 1.54) is 38.5 Å². The molecule has 0 bridgehead atoms. The van der Waals surface area contributed by atoms with E-state index >= 15 is 0 Å². The number of nitrogens with one attached hydrogen (secondary N) is 1. The number of unbranched alkanes of at least 4 members (excludes halogenated alkanes) is 8. The molecule has 4 nitrogen and oxygen atoms in total. The van der Waals surface area contributed by atoms with Crippen LogP contribution in [0, 0.1) is 0 Å². The summed E-state index contributed by atoms with van der Waals surface area (Å²) in [6.45, 7) is 2.45. The molecule has 0 aliphatic rings. The maximum absolute atomic E-state index is 11.4. The van der Waals surface area contributed by atoms with Crippen LogP contribution in [0.5, 0.6) is 0 Å². The van der Waals surface area contributed by atoms with Gasteiger partial charge in [-0.1, -0.05) is 74.4 Å². The van der Waals surface area contributed by atoms with Crippen molar-refractivity contribution in [1.29, 1.82) is 0 Å². The van der Waals surface area contributed by atoms with Gasteiger partial charge in [0.25, 0.3) is 0 Å². The molecule has 0 radical (unpaired) electrons. The summed E-state index contributed by atoms with van der Waals surface area (Å²) < 4.78 is 20.7. The smallest absolute Gasteiger partial charge is 0.772 e. The largest absolute Gasteiger partial charge is 1.00 e. The molecule has 6 heteroatoms. The Labute approximate surface area is 185 Å². The average Bonchev–Trinajstić information content (AvgIpc) is 2.58. The topological polar surface area (TPSA) is 69.2 Å². The molecule has 0 rings (SSSR count). The van der Waals surface area contributed by atoms with Crippen molar-refractivity contribution in [2.45, 2.75) is 84.0 Å². The van der Waals surface area contributed by atoms with Gasteiger partial charge < -0.3 is 9.87 Å². The Bertz CT molecular complexity index is 401. The van der Waals surface area contributed by atoms with Gasteiger partial charge in [0.1, 0.15) is 0 Å². The van der Waals surface area contributed by atoms with Gasteiger partial charge in [-0.15, -0.1) is 0 Å². The summed E-state index contributed by atoms with van der Waals surface area (Å²) in [5.41, 5.74) is 0. The van der Waals surface area contributed by atoms with E-state index < -0.39 is 11.1 Å². The van der Waals surface area contributed by atoms with E-state index in [0.29, 0.717) is 6.42 Å². The van der Waals surface area contributed by atoms with Crippen molar-refractivity contribution in [3.8, 4) is 0 Å². The van der Waals surface area contributed by atoms with Gasteiger partial charge in [-0.25, -0.2) is 0 Å². The molecular formula is C20H36NNaO3S. The first-order valence-corrected chi connectivity index (χ1v) is 11.0. The Morgan fingerprint density at radius 2 is 1.50 bits per heavy atom. The van der Waals surface area contributed by atoms with Gasteiger partial charge in [0.05, 0.1) is 0 Å². The molecule has 0 aromatic heterocycles. The Hall–Kier alpha value is 0.0600. The Kier molecular flexibility index (Phi) is 25.1. The van der Waals surface area contributed by atoms with Crippen molar-refractivity contribution in [3.63, 3.8) is 0 Å². The molecule has 26 heavy (non-hydrogen) atoms. The number of rotatable bonds is 17. The molecule has 1 atom stereocenters. The maximum Gasteiger partial charge on any atom is 1.00 e. The minimum absolute atomic E-state index is 0. The van der Waals surface area contributed by atoms with Crippen LogP contribution in [0.2, 0.25) is 0 Å². The van der Waals surface area contributed by atoms with Crippen molar-refractivity contribution in [1.82, 2.24) is 5.32 Å². The van der Waals surface area contributed by atoms with E-state index in [1.807, 2.05) is 0 Å². The number of allylic oxidation sites excluding steroid dienone is 4. The van der Waals surface area contributed by atoms with Crippen LogP contribution in [0.15, 0.2) is 24.3 Å². The predicted octanol–water partition coefficient (Wildman–Crippen LogP) is 1.80. The first-order valence-electron chi connectivity index (χ1n) is 9.79. The molecule has 0 spiro atoms. The second kappa shape index (κ2) is 23.1. The van der Waals surface area contributed by atoms with Gasteiger partial charge in [0.15, 0.2) is 0 Å². The van der Waals surface area contributed by atoms with Crippen molar-refractivity contribution >= 4 is 17.0 Å². The van der Waals surface area contributed by atoms with E-state index in [0.717, 1.165) is 32.1 Å². The molecule has 0 aliphatic carbocycles. The van der Waals surface area contributed by atoms with E-state index in [9.17, 15) is 13.6 Å². The number of hydrogen-bond acceptors (Lipinski definition) is 3. The van der Waals surface area contributed by atoms with Crippen LogP contribution in [0.3, 0.4) is 0 Å². The second-order valence-electron chi connectivity index (χ2n) is 6.34. The van der Waals surface area contributed by atoms with Crippen LogP contribution in [-0.4, -0.2) is 27.0 Å². The maximum atomic E-state index is 11.4. The first-order chi connectivity index (χ1) is 12.2. The van der Waals surface area contributed by atoms with Crippen LogP contribution in [0.1, 0.15) is 84.0 Å². The molecule has 146 valence electrons. The fourth-order valence-corrected chi connectivity index (χ4v) is 2.73. The number of amides is 1. The van der Waals surface area contributed by atoms with Crippen LogP contribution in [0.4, 0.5) is 0 Å². The molecule has 1 N–H and O–H groups in total. The normalized spacial score (nSPS) is 12.4. The van der Waals surface area contributed by atoms with Gasteiger partial charge in [0, 0.05) is 18.7 Å². The summed E-state index contributed by atoms with van der Waals surface area (Å²) in [5.74, 6) is -0.0513. The minimum atomic E-state index is -2.07. The molecule has 0 fully saturated rings. The average molecular weight is 394 g/mol. The third kappa shape index (κ3) is 24.1. The zero-order valence-corrected chi connectivity index (χ0v) is 19.7. The molecule has 0 aliphatic heterocycles. The zero-order chi connectivity index (χ0) is 18.6. The van der Waals surface area contributed by atoms with Crippen LogP contribution < -0.4 is 34.9 Å². The van der Waals surface area contributed by atoms with Crippen molar-refractivity contribution in [2.75, 3.05) is 12.3 Å². The fourth-order valence-electron chi connectivity index (χ4n) is 2.46. The number of hydrogen-bond donors (Lipinski definition) is 1. The Morgan fingerprint density at radius 1 is 0.923 bits per heavy atom. The quantitative estimate of drug-likeness (QED) is 0.177. The summed E-state index contributed by atoms with van der Waals surface area (Å²) in [7, 11) is 0. The summed E-state index contributed by atoms with van der Waals surface area (Å²) in [4.78, 5) is 11.4. The minimum Gasteiger partial charge on any atom is -0.772 e. The van der Waals surface area contributed by atoms with E-state index in [4.69, 9.17) is 0 Å². The van der Waals surface area contributed by atoms with Crippen LogP contribution in [-0.2, 0) is 15.9 Å². The molecule has 0 saturated carbocycles. The summed E-state index contributed by atoms with van der Waals surface area (Å²) >= 11 is -2.07. The summed E-state index contributed by atoms with van der Waals surface area (Å²) in [6, 6.07) is 0. The Morgan fingerprint density at radius 3 is 2.12 bits per heavy atom. The Balaban J connectivity index is 0. The molecule has 1 unspecified atom stereocenters. The molecule has 0 heterocycles. The van der Waals surface area contributed by atoms with Crippen LogP contribution >= 0.6 is 0 Å². The third-order valence-electron chi connectivity index (χ3n) is 3.95. The van der Waals surface area contributed by atoms with Crippen LogP contribution in [0.25, 0.3) is 0 Å².